The van der Waals surface area contributed by atoms with Crippen LogP contribution in [0.3, 0.4) is 0 Å². The van der Waals surface area contributed by atoms with E-state index in [9.17, 15) is 10.1 Å². The smallest absolute Gasteiger partial charge is 0.330 e. The highest BCUT2D eigenvalue weighted by atomic mass is 16.5. The molecule has 0 aliphatic rings. The van der Waals surface area contributed by atoms with Crippen molar-refractivity contribution < 1.29 is 9.53 Å². The quantitative estimate of drug-likeness (QED) is 0.394. The summed E-state index contributed by atoms with van der Waals surface area (Å²) < 4.78 is 4.72. The molecule has 0 aromatic carbocycles. The van der Waals surface area contributed by atoms with Crippen LogP contribution >= 0.6 is 0 Å². The molecule has 0 fully saturated rings. The Hall–Kier alpha value is -1.30. The van der Waals surface area contributed by atoms with E-state index >= 15 is 0 Å². The van der Waals surface area contributed by atoms with Gasteiger partial charge < -0.3 is 4.74 Å². The number of carbonyl (C=O) groups is 1. The molecule has 0 radical (unpaired) electrons. The van der Waals surface area contributed by atoms with E-state index in [2.05, 4.69) is 13.0 Å². The summed E-state index contributed by atoms with van der Waals surface area (Å²) in [7, 11) is 1.32. The van der Waals surface area contributed by atoms with Crippen molar-refractivity contribution in [3.63, 3.8) is 0 Å². The first-order valence-corrected chi connectivity index (χ1v) is 5.75. The maximum absolute atomic E-state index is 11.7. The number of rotatable bonds is 6. The number of hydrogen-bond donors (Lipinski definition) is 0. The van der Waals surface area contributed by atoms with Crippen molar-refractivity contribution in [3.8, 4) is 6.07 Å². The maximum atomic E-state index is 11.7. The molecule has 0 N–H and O–H groups in total. The lowest BCUT2D eigenvalue weighted by molar-refractivity contribution is -0.147. The zero-order chi connectivity index (χ0) is 12.6. The molecule has 16 heavy (non-hydrogen) atoms. The summed E-state index contributed by atoms with van der Waals surface area (Å²) >= 11 is 0. The van der Waals surface area contributed by atoms with E-state index in [0.717, 1.165) is 24.8 Å². The number of nitrogens with zero attached hydrogens (tertiary/aromatic N) is 1. The fraction of sp³-hybridized carbons (Fsp3) is 0.692. The molecule has 0 saturated heterocycles. The molecular weight excluding hydrogens is 202 g/mol. The van der Waals surface area contributed by atoms with Crippen LogP contribution < -0.4 is 0 Å². The predicted molar refractivity (Wildman–Crippen MR) is 63.6 cm³/mol. The number of carbonyl (C=O) groups excluding carboxylic acids is 1. The summed E-state index contributed by atoms with van der Waals surface area (Å²) in [5.74, 6) is -0.456. The Kier molecular flexibility index (Phi) is 6.48. The van der Waals surface area contributed by atoms with Crippen molar-refractivity contribution in [1.82, 2.24) is 0 Å². The van der Waals surface area contributed by atoms with Crippen LogP contribution in [0.15, 0.2) is 11.6 Å². The molecule has 0 rings (SSSR count). The van der Waals surface area contributed by atoms with Gasteiger partial charge in [-0.3, -0.25) is 0 Å². The van der Waals surface area contributed by atoms with E-state index in [-0.39, 0.29) is 0 Å². The van der Waals surface area contributed by atoms with Crippen molar-refractivity contribution in [3.05, 3.63) is 11.6 Å². The lowest BCUT2D eigenvalue weighted by Gasteiger charge is -2.23. The van der Waals surface area contributed by atoms with Crippen molar-refractivity contribution in [2.45, 2.75) is 46.5 Å². The number of ether oxygens (including phenoxy) is 1. The van der Waals surface area contributed by atoms with E-state index in [4.69, 9.17) is 4.74 Å². The maximum Gasteiger partial charge on any atom is 0.330 e. The second kappa shape index (κ2) is 7.05. The molecule has 0 aliphatic carbocycles. The molecule has 0 aromatic heterocycles. The molecule has 0 aliphatic heterocycles. The van der Waals surface area contributed by atoms with Crippen LogP contribution in [0.4, 0.5) is 0 Å². The van der Waals surface area contributed by atoms with Gasteiger partial charge in [0.2, 0.25) is 0 Å². The van der Waals surface area contributed by atoms with Crippen molar-refractivity contribution >= 4 is 5.97 Å². The molecule has 0 amide bonds. The molecule has 0 unspecified atom stereocenters. The van der Waals surface area contributed by atoms with Gasteiger partial charge in [-0.1, -0.05) is 32.8 Å². The van der Waals surface area contributed by atoms with Crippen LogP contribution in [-0.2, 0) is 9.53 Å². The van der Waals surface area contributed by atoms with Gasteiger partial charge >= 0.3 is 5.97 Å². The van der Waals surface area contributed by atoms with Crippen molar-refractivity contribution in [2.75, 3.05) is 7.11 Å². The molecule has 0 saturated carbocycles. The van der Waals surface area contributed by atoms with E-state index in [1.54, 1.807) is 0 Å². The Bertz CT molecular complexity index is 302. The highest BCUT2D eigenvalue weighted by Gasteiger charge is 2.39. The summed E-state index contributed by atoms with van der Waals surface area (Å²) in [6, 6.07) is 2.10. The Morgan fingerprint density at radius 1 is 1.50 bits per heavy atom. The van der Waals surface area contributed by atoms with Gasteiger partial charge in [-0.15, -0.1) is 0 Å². The van der Waals surface area contributed by atoms with E-state index < -0.39 is 11.4 Å². The van der Waals surface area contributed by atoms with Gasteiger partial charge in [-0.05, 0) is 25.3 Å². The van der Waals surface area contributed by atoms with E-state index in [0.29, 0.717) is 6.42 Å². The Morgan fingerprint density at radius 2 is 2.12 bits per heavy atom. The van der Waals surface area contributed by atoms with E-state index in [1.807, 2.05) is 19.9 Å². The van der Waals surface area contributed by atoms with Crippen LogP contribution in [0.5, 0.6) is 0 Å². The summed E-state index contributed by atoms with van der Waals surface area (Å²) in [6.45, 7) is 5.78. The molecule has 0 heterocycles. The van der Waals surface area contributed by atoms with E-state index in [1.165, 1.54) is 7.11 Å². The summed E-state index contributed by atoms with van der Waals surface area (Å²) in [4.78, 5) is 11.7. The van der Waals surface area contributed by atoms with Gasteiger partial charge in [0.1, 0.15) is 0 Å². The zero-order valence-electron chi connectivity index (χ0n) is 10.7. The first kappa shape index (κ1) is 14.7. The Labute approximate surface area is 98.1 Å². The van der Waals surface area contributed by atoms with Crippen LogP contribution in [0.1, 0.15) is 46.5 Å². The SMILES string of the molecule is CCCC/C=C(\C)[C@](C#N)(CC)C(=O)OC. The highest BCUT2D eigenvalue weighted by Crippen LogP contribution is 2.32. The Morgan fingerprint density at radius 3 is 2.50 bits per heavy atom. The first-order valence-electron chi connectivity index (χ1n) is 5.75. The Balaban J connectivity index is 4.98. The highest BCUT2D eigenvalue weighted by molar-refractivity contribution is 5.83. The summed E-state index contributed by atoms with van der Waals surface area (Å²) in [5.41, 5.74) is -0.291. The van der Waals surface area contributed by atoms with Crippen LogP contribution in [0.25, 0.3) is 0 Å². The topological polar surface area (TPSA) is 50.1 Å². The molecule has 0 spiro atoms. The summed E-state index contributed by atoms with van der Waals surface area (Å²) in [5, 5.41) is 9.21. The minimum atomic E-state index is -1.09. The molecule has 0 bridgehead atoms. The summed E-state index contributed by atoms with van der Waals surface area (Å²) in [6.07, 6.45) is 5.51. The van der Waals surface area contributed by atoms with Crippen molar-refractivity contribution in [1.29, 1.82) is 5.26 Å². The fourth-order valence-corrected chi connectivity index (χ4v) is 1.67. The van der Waals surface area contributed by atoms with Crippen LogP contribution in [0.2, 0.25) is 0 Å². The first-order chi connectivity index (χ1) is 7.58. The number of nitriles is 1. The number of hydrogen-bond acceptors (Lipinski definition) is 3. The normalized spacial score (nSPS) is 15.1. The molecule has 1 atom stereocenters. The van der Waals surface area contributed by atoms with Crippen LogP contribution in [-0.4, -0.2) is 13.1 Å². The molecule has 0 aromatic rings. The van der Waals surface area contributed by atoms with Crippen molar-refractivity contribution in [2.24, 2.45) is 5.41 Å². The monoisotopic (exact) mass is 223 g/mol. The van der Waals surface area contributed by atoms with Crippen LogP contribution in [0, 0.1) is 16.7 Å². The minimum absolute atomic E-state index is 0.449. The van der Waals surface area contributed by atoms with Gasteiger partial charge in [-0.25, -0.2) is 4.79 Å². The second-order valence-electron chi connectivity index (χ2n) is 3.89. The molecule has 3 heteroatoms. The average Bonchev–Trinajstić information content (AvgIpc) is 2.31. The standard InChI is InChI=1S/C13H21NO2/c1-5-7-8-9-11(3)13(6-2,10-14)12(15)16-4/h9H,5-8H2,1-4H3/b11-9+/t13-/m1/s1. The second-order valence-corrected chi connectivity index (χ2v) is 3.89. The number of allylic oxidation sites excluding steroid dienone is 1. The van der Waals surface area contributed by atoms with Gasteiger partial charge in [0.05, 0.1) is 13.2 Å². The lowest BCUT2D eigenvalue weighted by atomic mass is 9.79. The zero-order valence-corrected chi connectivity index (χ0v) is 10.7. The number of esters is 1. The molecule has 3 nitrogen and oxygen atoms in total. The molecular formula is C13H21NO2. The molecule has 90 valence electrons. The average molecular weight is 223 g/mol. The largest absolute Gasteiger partial charge is 0.468 e. The number of methoxy groups -OCH3 is 1. The third-order valence-electron chi connectivity index (χ3n) is 2.94. The van der Waals surface area contributed by atoms with Gasteiger partial charge in [0, 0.05) is 0 Å². The number of unbranched alkanes of at least 4 members (excludes halogenated alkanes) is 2. The fourth-order valence-electron chi connectivity index (χ4n) is 1.67. The lowest BCUT2D eigenvalue weighted by Crippen LogP contribution is -2.31. The van der Waals surface area contributed by atoms with Gasteiger partial charge in [0.15, 0.2) is 5.41 Å². The minimum Gasteiger partial charge on any atom is -0.468 e. The van der Waals surface area contributed by atoms with Gasteiger partial charge in [-0.2, -0.15) is 5.26 Å². The van der Waals surface area contributed by atoms with Gasteiger partial charge in [0.25, 0.3) is 0 Å². The third kappa shape index (κ3) is 3.10. The third-order valence-corrected chi connectivity index (χ3v) is 2.94. The predicted octanol–water partition coefficient (Wildman–Crippen LogP) is 3.22.